The Morgan fingerprint density at radius 1 is 1.29 bits per heavy atom. The van der Waals surface area contributed by atoms with Crippen molar-refractivity contribution in [2.45, 2.75) is 45.7 Å². The van der Waals surface area contributed by atoms with Crippen molar-refractivity contribution in [3.8, 4) is 0 Å². The van der Waals surface area contributed by atoms with E-state index in [0.29, 0.717) is 11.5 Å². The number of aliphatic hydroxyl groups is 1. The zero-order valence-electron chi connectivity index (χ0n) is 14.7. The minimum atomic E-state index is -0.515. The van der Waals surface area contributed by atoms with E-state index in [1.54, 1.807) is 0 Å². The number of carbonyl (C=O) groups is 1. The molecule has 1 amide bonds. The molecule has 1 heterocycles. The molecule has 2 aromatic rings. The lowest BCUT2D eigenvalue weighted by atomic mass is 9.96. The van der Waals surface area contributed by atoms with Gasteiger partial charge < -0.3 is 15.0 Å². The molecule has 128 valence electrons. The number of carbonyl (C=O) groups excluding carboxylic acids is 1. The van der Waals surface area contributed by atoms with Gasteiger partial charge in [0.05, 0.1) is 17.7 Å². The molecule has 1 aromatic heterocycles. The largest absolute Gasteiger partial charge is 0.394 e. The lowest BCUT2D eigenvalue weighted by molar-refractivity contribution is 0.0824. The summed E-state index contributed by atoms with van der Waals surface area (Å²) in [5.74, 6) is 0.296. The maximum atomic E-state index is 12.8. The number of rotatable bonds is 6. The SMILES string of the molecule is Cc1cc(C(=O)NC(C)(CO)C2CC2)c(C)n1Cc1ccccc1. The van der Waals surface area contributed by atoms with E-state index in [4.69, 9.17) is 0 Å². The lowest BCUT2D eigenvalue weighted by Gasteiger charge is -2.28. The molecule has 1 aliphatic carbocycles. The van der Waals surface area contributed by atoms with Crippen LogP contribution in [0.3, 0.4) is 0 Å². The summed E-state index contributed by atoms with van der Waals surface area (Å²) in [5, 5.41) is 12.8. The Morgan fingerprint density at radius 3 is 2.54 bits per heavy atom. The molecule has 3 rings (SSSR count). The fourth-order valence-corrected chi connectivity index (χ4v) is 3.36. The molecule has 4 heteroatoms. The third kappa shape index (κ3) is 3.24. The molecule has 0 saturated heterocycles. The van der Waals surface area contributed by atoms with E-state index in [0.717, 1.165) is 30.8 Å². The Balaban J connectivity index is 1.81. The number of aliphatic hydroxyl groups excluding tert-OH is 1. The maximum absolute atomic E-state index is 12.8. The summed E-state index contributed by atoms with van der Waals surface area (Å²) in [6, 6.07) is 12.2. The molecular formula is C20H26N2O2. The number of hydrogen-bond donors (Lipinski definition) is 2. The third-order valence-corrected chi connectivity index (χ3v) is 5.21. The number of amides is 1. The van der Waals surface area contributed by atoms with E-state index in [-0.39, 0.29) is 12.5 Å². The van der Waals surface area contributed by atoms with Crippen LogP contribution in [0.5, 0.6) is 0 Å². The summed E-state index contributed by atoms with van der Waals surface area (Å²) >= 11 is 0. The van der Waals surface area contributed by atoms with Gasteiger partial charge in [0.25, 0.3) is 5.91 Å². The summed E-state index contributed by atoms with van der Waals surface area (Å²) in [7, 11) is 0. The highest BCUT2D eigenvalue weighted by molar-refractivity contribution is 5.96. The number of nitrogens with zero attached hydrogens (tertiary/aromatic N) is 1. The van der Waals surface area contributed by atoms with Crippen LogP contribution in [0.4, 0.5) is 0 Å². The van der Waals surface area contributed by atoms with Gasteiger partial charge in [0.2, 0.25) is 0 Å². The van der Waals surface area contributed by atoms with Gasteiger partial charge in [-0.2, -0.15) is 0 Å². The molecule has 1 atom stereocenters. The van der Waals surface area contributed by atoms with Crippen LogP contribution in [0, 0.1) is 19.8 Å². The molecule has 24 heavy (non-hydrogen) atoms. The first kappa shape index (κ1) is 16.8. The summed E-state index contributed by atoms with van der Waals surface area (Å²) < 4.78 is 2.16. The van der Waals surface area contributed by atoms with E-state index in [2.05, 4.69) is 22.0 Å². The molecule has 0 radical (unpaired) electrons. The first-order chi connectivity index (χ1) is 11.4. The van der Waals surface area contributed by atoms with E-state index < -0.39 is 5.54 Å². The van der Waals surface area contributed by atoms with Crippen LogP contribution >= 0.6 is 0 Å². The van der Waals surface area contributed by atoms with Crippen LogP contribution in [-0.4, -0.2) is 27.7 Å². The van der Waals surface area contributed by atoms with Gasteiger partial charge in [0, 0.05) is 17.9 Å². The van der Waals surface area contributed by atoms with Gasteiger partial charge in [-0.25, -0.2) is 0 Å². The van der Waals surface area contributed by atoms with Gasteiger partial charge in [-0.05, 0) is 51.2 Å². The predicted octanol–water partition coefficient (Wildman–Crippen LogP) is 3.04. The number of aryl methyl sites for hydroxylation is 1. The second kappa shape index (κ2) is 6.44. The second-order valence-electron chi connectivity index (χ2n) is 7.16. The van der Waals surface area contributed by atoms with Crippen molar-refractivity contribution < 1.29 is 9.90 Å². The Bertz CT molecular complexity index is 732. The minimum Gasteiger partial charge on any atom is -0.394 e. The monoisotopic (exact) mass is 326 g/mol. The van der Waals surface area contributed by atoms with E-state index in [1.807, 2.05) is 45.0 Å². The molecule has 0 bridgehead atoms. The Kier molecular flexibility index (Phi) is 4.50. The van der Waals surface area contributed by atoms with Gasteiger partial charge in [-0.15, -0.1) is 0 Å². The molecule has 1 saturated carbocycles. The highest BCUT2D eigenvalue weighted by atomic mass is 16.3. The first-order valence-corrected chi connectivity index (χ1v) is 8.58. The van der Waals surface area contributed by atoms with Gasteiger partial charge >= 0.3 is 0 Å². The zero-order valence-corrected chi connectivity index (χ0v) is 14.7. The molecule has 1 fully saturated rings. The first-order valence-electron chi connectivity index (χ1n) is 8.58. The number of aromatic nitrogens is 1. The standard InChI is InChI=1S/C20H26N2O2/c1-14-11-18(19(24)21-20(3,13-23)17-9-10-17)15(2)22(14)12-16-7-5-4-6-8-16/h4-8,11,17,23H,9-10,12-13H2,1-3H3,(H,21,24). The molecule has 1 aromatic carbocycles. The van der Waals surface area contributed by atoms with Gasteiger partial charge in [-0.1, -0.05) is 30.3 Å². The van der Waals surface area contributed by atoms with Crippen LogP contribution < -0.4 is 5.32 Å². The highest BCUT2D eigenvalue weighted by Crippen LogP contribution is 2.39. The molecule has 4 nitrogen and oxygen atoms in total. The molecule has 1 aliphatic rings. The lowest BCUT2D eigenvalue weighted by Crippen LogP contribution is -2.50. The third-order valence-electron chi connectivity index (χ3n) is 5.21. The van der Waals surface area contributed by atoms with Crippen molar-refractivity contribution in [1.29, 1.82) is 0 Å². The average Bonchev–Trinajstić information content (AvgIpc) is 3.39. The van der Waals surface area contributed by atoms with Gasteiger partial charge in [0.15, 0.2) is 0 Å². The zero-order chi connectivity index (χ0) is 17.3. The molecule has 0 spiro atoms. The Labute approximate surface area is 143 Å². The van der Waals surface area contributed by atoms with Crippen LogP contribution in [0.1, 0.15) is 47.1 Å². The Morgan fingerprint density at radius 2 is 1.96 bits per heavy atom. The average molecular weight is 326 g/mol. The topological polar surface area (TPSA) is 54.3 Å². The van der Waals surface area contributed by atoms with Crippen LogP contribution in [-0.2, 0) is 6.54 Å². The van der Waals surface area contributed by atoms with Crippen molar-refractivity contribution >= 4 is 5.91 Å². The van der Waals surface area contributed by atoms with E-state index in [9.17, 15) is 9.90 Å². The fraction of sp³-hybridized carbons (Fsp3) is 0.450. The summed E-state index contributed by atoms with van der Waals surface area (Å²) in [4.78, 5) is 12.8. The predicted molar refractivity (Wildman–Crippen MR) is 95.1 cm³/mol. The molecule has 1 unspecified atom stereocenters. The van der Waals surface area contributed by atoms with Crippen molar-refractivity contribution in [2.24, 2.45) is 5.92 Å². The number of benzene rings is 1. The molecular weight excluding hydrogens is 300 g/mol. The summed E-state index contributed by atoms with van der Waals surface area (Å²) in [5.41, 5.74) is 3.43. The molecule has 0 aliphatic heterocycles. The summed E-state index contributed by atoms with van der Waals surface area (Å²) in [6.45, 7) is 6.68. The van der Waals surface area contributed by atoms with Crippen molar-refractivity contribution in [3.63, 3.8) is 0 Å². The molecule has 2 N–H and O–H groups in total. The minimum absolute atomic E-state index is 0.0217. The highest BCUT2D eigenvalue weighted by Gasteiger charge is 2.42. The second-order valence-corrected chi connectivity index (χ2v) is 7.16. The summed E-state index contributed by atoms with van der Waals surface area (Å²) in [6.07, 6.45) is 2.15. The number of hydrogen-bond acceptors (Lipinski definition) is 2. The van der Waals surface area contributed by atoms with Crippen LogP contribution in [0.15, 0.2) is 36.4 Å². The van der Waals surface area contributed by atoms with Gasteiger partial charge in [0.1, 0.15) is 0 Å². The van der Waals surface area contributed by atoms with E-state index in [1.165, 1.54) is 5.56 Å². The van der Waals surface area contributed by atoms with Crippen LogP contribution in [0.25, 0.3) is 0 Å². The maximum Gasteiger partial charge on any atom is 0.253 e. The van der Waals surface area contributed by atoms with Crippen molar-refractivity contribution in [3.05, 3.63) is 58.9 Å². The fourth-order valence-electron chi connectivity index (χ4n) is 3.36. The smallest absolute Gasteiger partial charge is 0.253 e. The quantitative estimate of drug-likeness (QED) is 0.857. The van der Waals surface area contributed by atoms with E-state index >= 15 is 0 Å². The van der Waals surface area contributed by atoms with Crippen molar-refractivity contribution in [1.82, 2.24) is 9.88 Å². The number of nitrogens with one attached hydrogen (secondary N) is 1. The van der Waals surface area contributed by atoms with Crippen LogP contribution in [0.2, 0.25) is 0 Å². The van der Waals surface area contributed by atoms with Crippen molar-refractivity contribution in [2.75, 3.05) is 6.61 Å². The normalized spacial score (nSPS) is 16.7. The Hall–Kier alpha value is -2.07. The van der Waals surface area contributed by atoms with Gasteiger partial charge in [-0.3, -0.25) is 4.79 Å².